The Kier molecular flexibility index (Phi) is 6.33. The first-order valence-electron chi connectivity index (χ1n) is 10.2. The highest BCUT2D eigenvalue weighted by Gasteiger charge is 2.20. The van der Waals surface area contributed by atoms with Crippen molar-refractivity contribution in [2.75, 3.05) is 23.7 Å². The number of anilines is 3. The molecule has 0 saturated carbocycles. The van der Waals surface area contributed by atoms with Crippen molar-refractivity contribution in [1.29, 1.82) is 0 Å². The number of para-hydroxylation sites is 1. The lowest BCUT2D eigenvalue weighted by atomic mass is 10.1. The molecule has 4 rings (SSSR count). The van der Waals surface area contributed by atoms with Gasteiger partial charge >= 0.3 is 0 Å². The van der Waals surface area contributed by atoms with Crippen molar-refractivity contribution in [1.82, 2.24) is 20.0 Å². The van der Waals surface area contributed by atoms with E-state index >= 15 is 0 Å². The van der Waals surface area contributed by atoms with Crippen LogP contribution in [0.1, 0.15) is 12.5 Å². The summed E-state index contributed by atoms with van der Waals surface area (Å²) in [5.41, 5.74) is 3.46. The summed E-state index contributed by atoms with van der Waals surface area (Å²) < 4.78 is 27.2. The van der Waals surface area contributed by atoms with Gasteiger partial charge in [-0.25, -0.2) is 23.1 Å². The van der Waals surface area contributed by atoms with Crippen molar-refractivity contribution in [3.05, 3.63) is 60.3 Å². The van der Waals surface area contributed by atoms with Crippen LogP contribution in [-0.2, 0) is 26.0 Å². The predicted octanol–water partition coefficient (Wildman–Crippen LogP) is 1.80. The molecular weight excluding hydrogens is 444 g/mol. The Morgan fingerprint density at radius 1 is 1.09 bits per heavy atom. The van der Waals surface area contributed by atoms with Crippen LogP contribution in [0.2, 0.25) is 0 Å². The average Bonchev–Trinajstić information content (AvgIpc) is 2.92. The van der Waals surface area contributed by atoms with Crippen molar-refractivity contribution >= 4 is 39.2 Å². The minimum Gasteiger partial charge on any atom is -0.355 e. The second kappa shape index (κ2) is 9.35. The molecule has 0 aliphatic carbocycles. The molecule has 33 heavy (non-hydrogen) atoms. The number of nitrogens with zero attached hydrogens (tertiary/aromatic N) is 2. The van der Waals surface area contributed by atoms with Gasteiger partial charge in [0.1, 0.15) is 0 Å². The smallest absolute Gasteiger partial charge is 0.240 e. The standard InChI is InChI=1S/C22H22N6O4S/c1-14(29)23-10-11-25-33(31,32)17-8-6-16(7-9-17)26-22-24-13-15-12-20(30)27-19-5-3-2-4-18(19)21(15)28-22/h2-9,13,25H,10-12H2,1H3,(H,23,29)(H,27,30)(H,24,26,28). The molecule has 1 aliphatic heterocycles. The number of benzene rings is 2. The number of amides is 2. The maximum absolute atomic E-state index is 12.4. The van der Waals surface area contributed by atoms with Crippen molar-refractivity contribution in [3.63, 3.8) is 0 Å². The second-order valence-electron chi connectivity index (χ2n) is 7.37. The third-order valence-electron chi connectivity index (χ3n) is 4.88. The van der Waals surface area contributed by atoms with Crippen LogP contribution < -0.4 is 20.7 Å². The first-order chi connectivity index (χ1) is 15.8. The van der Waals surface area contributed by atoms with E-state index in [1.54, 1.807) is 18.3 Å². The summed E-state index contributed by atoms with van der Waals surface area (Å²) in [6.45, 7) is 1.65. The van der Waals surface area contributed by atoms with Gasteiger partial charge in [0.25, 0.3) is 0 Å². The molecule has 4 N–H and O–H groups in total. The number of sulfonamides is 1. The molecule has 0 unspecified atom stereocenters. The van der Waals surface area contributed by atoms with Crippen LogP contribution in [0.4, 0.5) is 17.3 Å². The number of rotatable bonds is 7. The van der Waals surface area contributed by atoms with Crippen LogP contribution in [0.25, 0.3) is 11.3 Å². The van der Waals surface area contributed by atoms with Gasteiger partial charge in [-0.15, -0.1) is 0 Å². The monoisotopic (exact) mass is 466 g/mol. The SMILES string of the molecule is CC(=O)NCCNS(=O)(=O)c1ccc(Nc2ncc3c(n2)-c2ccccc2NC(=O)C3)cc1. The van der Waals surface area contributed by atoms with Crippen molar-refractivity contribution < 1.29 is 18.0 Å². The molecule has 0 saturated heterocycles. The van der Waals surface area contributed by atoms with Gasteiger partial charge in [-0.2, -0.15) is 0 Å². The quantitative estimate of drug-likeness (QED) is 0.389. The van der Waals surface area contributed by atoms with E-state index in [9.17, 15) is 18.0 Å². The number of hydrogen-bond acceptors (Lipinski definition) is 7. The predicted molar refractivity (Wildman–Crippen MR) is 123 cm³/mol. The molecule has 10 nitrogen and oxygen atoms in total. The van der Waals surface area contributed by atoms with Gasteiger partial charge < -0.3 is 16.0 Å². The minimum atomic E-state index is -3.70. The number of hydrogen-bond donors (Lipinski definition) is 4. The maximum atomic E-state index is 12.4. The number of fused-ring (bicyclic) bond motifs is 3. The molecule has 0 spiro atoms. The lowest BCUT2D eigenvalue weighted by Gasteiger charge is -2.11. The van der Waals surface area contributed by atoms with Crippen molar-refractivity contribution in [3.8, 4) is 11.3 Å². The summed E-state index contributed by atoms with van der Waals surface area (Å²) in [6.07, 6.45) is 1.79. The summed E-state index contributed by atoms with van der Waals surface area (Å²) in [6, 6.07) is 13.6. The van der Waals surface area contributed by atoms with Gasteiger partial charge in [0.05, 0.1) is 22.7 Å². The summed E-state index contributed by atoms with van der Waals surface area (Å²) in [4.78, 5) is 32.0. The fourth-order valence-corrected chi connectivity index (χ4v) is 4.38. The largest absolute Gasteiger partial charge is 0.355 e. The van der Waals surface area contributed by atoms with Crippen LogP contribution >= 0.6 is 0 Å². The fourth-order valence-electron chi connectivity index (χ4n) is 3.35. The maximum Gasteiger partial charge on any atom is 0.240 e. The number of nitrogens with one attached hydrogen (secondary N) is 4. The van der Waals surface area contributed by atoms with Crippen LogP contribution in [0.5, 0.6) is 0 Å². The molecule has 0 bridgehead atoms. The highest BCUT2D eigenvalue weighted by atomic mass is 32.2. The van der Waals surface area contributed by atoms with E-state index in [0.717, 1.165) is 11.1 Å². The second-order valence-corrected chi connectivity index (χ2v) is 9.14. The molecule has 0 radical (unpaired) electrons. The normalized spacial score (nSPS) is 12.7. The fraction of sp³-hybridized carbons (Fsp3) is 0.182. The van der Waals surface area contributed by atoms with Gasteiger partial charge in [0.2, 0.25) is 27.8 Å². The Hall–Kier alpha value is -3.83. The van der Waals surface area contributed by atoms with E-state index in [0.29, 0.717) is 23.0 Å². The summed E-state index contributed by atoms with van der Waals surface area (Å²) in [5, 5.41) is 8.47. The lowest BCUT2D eigenvalue weighted by Crippen LogP contribution is -2.33. The molecule has 2 aromatic carbocycles. The Morgan fingerprint density at radius 2 is 1.85 bits per heavy atom. The Bertz CT molecular complexity index is 1310. The van der Waals surface area contributed by atoms with E-state index in [1.165, 1.54) is 19.1 Å². The molecule has 2 heterocycles. The van der Waals surface area contributed by atoms with Crippen LogP contribution in [-0.4, -0.2) is 43.3 Å². The Balaban J connectivity index is 1.50. The van der Waals surface area contributed by atoms with Crippen LogP contribution in [0, 0.1) is 0 Å². The molecule has 0 fully saturated rings. The van der Waals surface area contributed by atoms with E-state index < -0.39 is 10.0 Å². The highest BCUT2D eigenvalue weighted by Crippen LogP contribution is 2.32. The van der Waals surface area contributed by atoms with Gasteiger partial charge in [-0.05, 0) is 30.3 Å². The Morgan fingerprint density at radius 3 is 2.61 bits per heavy atom. The summed E-state index contributed by atoms with van der Waals surface area (Å²) in [5.74, 6) is -0.0362. The van der Waals surface area contributed by atoms with E-state index in [1.807, 2.05) is 24.3 Å². The van der Waals surface area contributed by atoms with Crippen LogP contribution in [0.15, 0.2) is 59.6 Å². The molecular formula is C22H22N6O4S. The number of aromatic nitrogens is 2. The summed E-state index contributed by atoms with van der Waals surface area (Å²) >= 11 is 0. The minimum absolute atomic E-state index is 0.0870. The van der Waals surface area contributed by atoms with Gasteiger partial charge in [-0.1, -0.05) is 18.2 Å². The zero-order valence-electron chi connectivity index (χ0n) is 17.8. The van der Waals surface area contributed by atoms with Crippen LogP contribution in [0.3, 0.4) is 0 Å². The van der Waals surface area contributed by atoms with Crippen molar-refractivity contribution in [2.45, 2.75) is 18.2 Å². The first kappa shape index (κ1) is 22.4. The first-order valence-corrected chi connectivity index (χ1v) is 11.7. The van der Waals surface area contributed by atoms with E-state index in [2.05, 4.69) is 30.6 Å². The molecule has 0 atom stereocenters. The lowest BCUT2D eigenvalue weighted by molar-refractivity contribution is -0.119. The molecule has 3 aromatic rings. The third kappa shape index (κ3) is 5.33. The number of carbonyl (C=O) groups is 2. The van der Waals surface area contributed by atoms with E-state index in [4.69, 9.17) is 0 Å². The zero-order valence-corrected chi connectivity index (χ0v) is 18.6. The van der Waals surface area contributed by atoms with E-state index in [-0.39, 0.29) is 36.2 Å². The third-order valence-corrected chi connectivity index (χ3v) is 6.36. The van der Waals surface area contributed by atoms with Gasteiger partial charge in [0.15, 0.2) is 0 Å². The topological polar surface area (TPSA) is 142 Å². The van der Waals surface area contributed by atoms with Gasteiger partial charge in [0, 0.05) is 43.0 Å². The zero-order chi connectivity index (χ0) is 23.4. The molecule has 1 aromatic heterocycles. The molecule has 170 valence electrons. The average molecular weight is 467 g/mol. The highest BCUT2D eigenvalue weighted by molar-refractivity contribution is 7.89. The summed E-state index contributed by atoms with van der Waals surface area (Å²) in [7, 11) is -3.70. The molecule has 11 heteroatoms. The molecule has 2 amide bonds. The van der Waals surface area contributed by atoms with Gasteiger partial charge in [-0.3, -0.25) is 9.59 Å². The number of carbonyl (C=O) groups excluding carboxylic acids is 2. The van der Waals surface area contributed by atoms with Crippen molar-refractivity contribution in [2.24, 2.45) is 0 Å². The molecule has 1 aliphatic rings. The Labute approximate surface area is 190 Å².